The summed E-state index contributed by atoms with van der Waals surface area (Å²) in [5.41, 5.74) is 1.17. The SMILES string of the molecule is CCn1cnc(S(=O)(=O)N2CCCC(C(=O)N3CCN(c4ccccc4)CC3)C2)c1. The molecule has 1 aromatic heterocycles. The molecule has 162 valence electrons. The van der Waals surface area contributed by atoms with E-state index in [1.807, 2.05) is 30.0 Å². The number of carbonyl (C=O) groups is 1. The summed E-state index contributed by atoms with van der Waals surface area (Å²) in [6.07, 6.45) is 4.51. The van der Waals surface area contributed by atoms with Crippen LogP contribution < -0.4 is 4.90 Å². The highest BCUT2D eigenvalue weighted by molar-refractivity contribution is 7.89. The molecule has 2 saturated heterocycles. The number of anilines is 1. The van der Waals surface area contributed by atoms with Crippen LogP contribution in [0, 0.1) is 5.92 Å². The Morgan fingerprint density at radius 2 is 1.83 bits per heavy atom. The molecule has 0 bridgehead atoms. The zero-order valence-electron chi connectivity index (χ0n) is 17.4. The lowest BCUT2D eigenvalue weighted by atomic mass is 9.97. The zero-order chi connectivity index (χ0) is 21.1. The zero-order valence-corrected chi connectivity index (χ0v) is 18.2. The number of piperidine rings is 1. The summed E-state index contributed by atoms with van der Waals surface area (Å²) in [6, 6.07) is 10.2. The van der Waals surface area contributed by atoms with Gasteiger partial charge in [0.1, 0.15) is 0 Å². The van der Waals surface area contributed by atoms with Gasteiger partial charge in [0, 0.05) is 57.7 Å². The predicted molar refractivity (Wildman–Crippen MR) is 115 cm³/mol. The largest absolute Gasteiger partial charge is 0.368 e. The average molecular weight is 432 g/mol. The van der Waals surface area contributed by atoms with Crippen molar-refractivity contribution in [2.45, 2.75) is 31.3 Å². The second-order valence-electron chi connectivity index (χ2n) is 7.89. The van der Waals surface area contributed by atoms with Gasteiger partial charge in [-0.1, -0.05) is 18.2 Å². The first-order valence-electron chi connectivity index (χ1n) is 10.6. The van der Waals surface area contributed by atoms with Crippen molar-refractivity contribution in [3.8, 4) is 0 Å². The number of para-hydroxylation sites is 1. The van der Waals surface area contributed by atoms with Gasteiger partial charge in [-0.2, -0.15) is 4.31 Å². The molecule has 30 heavy (non-hydrogen) atoms. The van der Waals surface area contributed by atoms with Crippen molar-refractivity contribution in [2.24, 2.45) is 5.92 Å². The molecule has 2 aromatic rings. The van der Waals surface area contributed by atoms with Crippen LogP contribution >= 0.6 is 0 Å². The Morgan fingerprint density at radius 3 is 2.50 bits per heavy atom. The van der Waals surface area contributed by atoms with Crippen LogP contribution in [0.3, 0.4) is 0 Å². The normalized spacial score (nSPS) is 21.0. The molecular formula is C21H29N5O3S. The summed E-state index contributed by atoms with van der Waals surface area (Å²) in [5.74, 6) is -0.216. The summed E-state index contributed by atoms with van der Waals surface area (Å²) >= 11 is 0. The van der Waals surface area contributed by atoms with Crippen LogP contribution in [-0.2, 0) is 21.4 Å². The molecule has 2 fully saturated rings. The van der Waals surface area contributed by atoms with Gasteiger partial charge in [-0.25, -0.2) is 13.4 Å². The molecule has 3 heterocycles. The summed E-state index contributed by atoms with van der Waals surface area (Å²) in [6.45, 7) is 6.18. The fraction of sp³-hybridized carbons (Fsp3) is 0.524. The van der Waals surface area contributed by atoms with E-state index in [0.29, 0.717) is 32.6 Å². The van der Waals surface area contributed by atoms with Crippen LogP contribution in [0.5, 0.6) is 0 Å². The number of benzene rings is 1. The summed E-state index contributed by atoms with van der Waals surface area (Å²) in [7, 11) is -3.67. The van der Waals surface area contributed by atoms with E-state index >= 15 is 0 Å². The van der Waals surface area contributed by atoms with E-state index in [4.69, 9.17) is 0 Å². The highest BCUT2D eigenvalue weighted by atomic mass is 32.2. The molecule has 8 nitrogen and oxygen atoms in total. The van der Waals surface area contributed by atoms with Gasteiger partial charge in [-0.05, 0) is 31.9 Å². The van der Waals surface area contributed by atoms with Crippen molar-refractivity contribution in [1.29, 1.82) is 0 Å². The fourth-order valence-electron chi connectivity index (χ4n) is 4.22. The fourth-order valence-corrected chi connectivity index (χ4v) is 5.68. The predicted octanol–water partition coefficient (Wildman–Crippen LogP) is 1.65. The maximum absolute atomic E-state index is 13.1. The van der Waals surface area contributed by atoms with Crippen LogP contribution in [0.25, 0.3) is 0 Å². The van der Waals surface area contributed by atoms with Gasteiger partial charge < -0.3 is 14.4 Å². The molecule has 4 rings (SSSR count). The van der Waals surface area contributed by atoms with Gasteiger partial charge >= 0.3 is 0 Å². The molecule has 1 aromatic carbocycles. The third-order valence-corrected chi connectivity index (χ3v) is 7.78. The van der Waals surface area contributed by atoms with E-state index in [1.165, 1.54) is 16.3 Å². The van der Waals surface area contributed by atoms with Gasteiger partial charge in [0.2, 0.25) is 5.91 Å². The Bertz CT molecular complexity index is 968. The summed E-state index contributed by atoms with van der Waals surface area (Å²) in [4.78, 5) is 21.4. The molecule has 0 spiro atoms. The third kappa shape index (κ3) is 4.22. The van der Waals surface area contributed by atoms with E-state index in [0.717, 1.165) is 19.5 Å². The second kappa shape index (κ2) is 8.77. The van der Waals surface area contributed by atoms with Gasteiger partial charge in [-0.15, -0.1) is 0 Å². The van der Waals surface area contributed by atoms with E-state index in [1.54, 1.807) is 10.8 Å². The standard InChI is InChI=1S/C21H29N5O3S/c1-2-23-16-20(22-17-23)30(28,29)26-10-6-7-18(15-26)21(27)25-13-11-24(12-14-25)19-8-4-3-5-9-19/h3-5,8-9,16-18H,2,6-7,10-15H2,1H3. The number of hydrogen-bond acceptors (Lipinski definition) is 5. The van der Waals surface area contributed by atoms with Crippen LogP contribution in [-0.4, -0.2) is 72.3 Å². The molecule has 0 saturated carbocycles. The maximum atomic E-state index is 13.1. The first-order chi connectivity index (χ1) is 14.5. The van der Waals surface area contributed by atoms with E-state index < -0.39 is 10.0 Å². The lowest BCUT2D eigenvalue weighted by molar-refractivity contribution is -0.137. The minimum absolute atomic E-state index is 0.0638. The molecule has 9 heteroatoms. The number of carbonyl (C=O) groups excluding carboxylic acids is 1. The van der Waals surface area contributed by atoms with Crippen LogP contribution in [0.1, 0.15) is 19.8 Å². The molecule has 2 aliphatic heterocycles. The molecule has 0 N–H and O–H groups in total. The van der Waals surface area contributed by atoms with Gasteiger partial charge in [-0.3, -0.25) is 4.79 Å². The highest BCUT2D eigenvalue weighted by Gasteiger charge is 2.36. The Balaban J connectivity index is 1.38. The number of nitrogens with zero attached hydrogens (tertiary/aromatic N) is 5. The molecule has 2 aliphatic rings. The Morgan fingerprint density at radius 1 is 1.10 bits per heavy atom. The first-order valence-corrected chi connectivity index (χ1v) is 12.0. The molecular weight excluding hydrogens is 402 g/mol. The maximum Gasteiger partial charge on any atom is 0.262 e. The molecule has 0 radical (unpaired) electrons. The van der Waals surface area contributed by atoms with Crippen LogP contribution in [0.2, 0.25) is 0 Å². The smallest absolute Gasteiger partial charge is 0.262 e. The summed E-state index contributed by atoms with van der Waals surface area (Å²) in [5, 5.41) is 0.0638. The lowest BCUT2D eigenvalue weighted by Gasteiger charge is -2.39. The highest BCUT2D eigenvalue weighted by Crippen LogP contribution is 2.25. The molecule has 0 aliphatic carbocycles. The van der Waals surface area contributed by atoms with E-state index in [9.17, 15) is 13.2 Å². The number of rotatable bonds is 5. The molecule has 1 unspecified atom stereocenters. The van der Waals surface area contributed by atoms with Crippen molar-refractivity contribution in [3.63, 3.8) is 0 Å². The number of piperazine rings is 1. The Hall–Kier alpha value is -2.39. The van der Waals surface area contributed by atoms with Crippen molar-refractivity contribution >= 4 is 21.6 Å². The molecule has 1 amide bonds. The average Bonchev–Trinajstić information content (AvgIpc) is 3.30. The number of imidazole rings is 1. The minimum Gasteiger partial charge on any atom is -0.368 e. The lowest BCUT2D eigenvalue weighted by Crippen LogP contribution is -2.53. The van der Waals surface area contributed by atoms with Gasteiger partial charge in [0.25, 0.3) is 10.0 Å². The van der Waals surface area contributed by atoms with Crippen LogP contribution in [0.4, 0.5) is 5.69 Å². The van der Waals surface area contributed by atoms with E-state index in [-0.39, 0.29) is 23.4 Å². The van der Waals surface area contributed by atoms with Crippen molar-refractivity contribution in [1.82, 2.24) is 18.8 Å². The van der Waals surface area contributed by atoms with Crippen molar-refractivity contribution in [2.75, 3.05) is 44.2 Å². The van der Waals surface area contributed by atoms with Crippen LogP contribution in [0.15, 0.2) is 47.9 Å². The first kappa shape index (κ1) is 20.9. The Kier molecular flexibility index (Phi) is 6.10. The topological polar surface area (TPSA) is 78.8 Å². The summed E-state index contributed by atoms with van der Waals surface area (Å²) < 4.78 is 29.1. The molecule has 1 atom stereocenters. The number of hydrogen-bond donors (Lipinski definition) is 0. The van der Waals surface area contributed by atoms with E-state index in [2.05, 4.69) is 22.0 Å². The number of amides is 1. The number of aromatic nitrogens is 2. The van der Waals surface area contributed by atoms with Crippen molar-refractivity contribution < 1.29 is 13.2 Å². The number of aryl methyl sites for hydroxylation is 1. The van der Waals surface area contributed by atoms with Gasteiger partial charge in [0.15, 0.2) is 5.03 Å². The monoisotopic (exact) mass is 431 g/mol. The third-order valence-electron chi connectivity index (χ3n) is 6.02. The number of sulfonamides is 1. The quantitative estimate of drug-likeness (QED) is 0.719. The Labute approximate surface area is 178 Å². The minimum atomic E-state index is -3.67. The second-order valence-corrected chi connectivity index (χ2v) is 9.78. The van der Waals surface area contributed by atoms with Gasteiger partial charge in [0.05, 0.1) is 12.2 Å². The van der Waals surface area contributed by atoms with Crippen molar-refractivity contribution in [3.05, 3.63) is 42.9 Å².